The van der Waals surface area contributed by atoms with Gasteiger partial charge in [0.15, 0.2) is 0 Å². The summed E-state index contributed by atoms with van der Waals surface area (Å²) in [7, 11) is 0.349. The molecule has 0 aliphatic rings. The summed E-state index contributed by atoms with van der Waals surface area (Å²) in [5.41, 5.74) is 0. The molecule has 44 heavy (non-hydrogen) atoms. The molecule has 0 fully saturated rings. The minimum absolute atomic E-state index is 0.0653. The van der Waals surface area contributed by atoms with Gasteiger partial charge in [-0.1, -0.05) is 35.4 Å². The van der Waals surface area contributed by atoms with E-state index in [0.29, 0.717) is 0 Å². The van der Waals surface area contributed by atoms with Crippen LogP contribution in [-0.4, -0.2) is 96.6 Å². The lowest BCUT2D eigenvalue weighted by molar-refractivity contribution is -0.344. The van der Waals surface area contributed by atoms with E-state index in [9.17, 15) is 80.6 Å². The van der Waals surface area contributed by atoms with Gasteiger partial charge in [0.05, 0.1) is 13.2 Å². The lowest BCUT2D eigenvalue weighted by Crippen LogP contribution is -2.61. The molecule has 2 unspecified atom stereocenters. The third kappa shape index (κ3) is 10.1. The van der Waals surface area contributed by atoms with Crippen LogP contribution in [0.1, 0.15) is 26.7 Å². The molecule has 0 bridgehead atoms. The molecule has 0 heterocycles. The second kappa shape index (κ2) is 15.7. The first kappa shape index (κ1) is 41.6. The van der Waals surface area contributed by atoms with E-state index in [2.05, 4.69) is 9.47 Å². The smallest absolute Gasteiger partial charge is 0.460 e. The molecule has 8 nitrogen and oxygen atoms in total. The Bertz CT molecular complexity index is 932. The maximum Gasteiger partial charge on any atom is 0.460 e. The molecule has 24 heteroatoms. The standard InChI is InChI=1S/C20H22F14N2O6S2/c1-3-5-41-11(37)9(35-13(39)15(21,22)17(25,26)19(29,30)31)7-43-44-8-10(12(38)42-6-4-2)36-14(40)16(23,24)18(27,28)20(32,33)34/h9-10H,3-8H2,1-2H3,(H,35,39)(H,36,40). The van der Waals surface area contributed by atoms with Crippen LogP contribution < -0.4 is 10.6 Å². The van der Waals surface area contributed by atoms with E-state index in [0.717, 1.165) is 10.6 Å². The van der Waals surface area contributed by atoms with Gasteiger partial charge in [-0.15, -0.1) is 0 Å². The van der Waals surface area contributed by atoms with E-state index in [1.807, 2.05) is 0 Å². The van der Waals surface area contributed by atoms with Gasteiger partial charge < -0.3 is 20.1 Å². The second-order valence-corrected chi connectivity index (χ2v) is 10.8. The van der Waals surface area contributed by atoms with E-state index in [4.69, 9.17) is 0 Å². The van der Waals surface area contributed by atoms with Gasteiger partial charge >= 0.3 is 48.0 Å². The van der Waals surface area contributed by atoms with Gasteiger partial charge in [0, 0.05) is 11.5 Å². The first-order valence-corrected chi connectivity index (χ1v) is 14.1. The van der Waals surface area contributed by atoms with Crippen molar-refractivity contribution in [3.8, 4) is 0 Å². The van der Waals surface area contributed by atoms with Crippen LogP contribution in [-0.2, 0) is 28.7 Å². The van der Waals surface area contributed by atoms with E-state index >= 15 is 0 Å². The molecule has 0 aromatic heterocycles. The molecule has 0 saturated carbocycles. The highest BCUT2D eigenvalue weighted by Crippen LogP contribution is 2.47. The molecular weight excluding hydrogens is 694 g/mol. The van der Waals surface area contributed by atoms with Crippen LogP contribution in [0.2, 0.25) is 0 Å². The summed E-state index contributed by atoms with van der Waals surface area (Å²) in [6.45, 7) is 1.88. The number of rotatable bonds is 17. The molecule has 0 radical (unpaired) electrons. The van der Waals surface area contributed by atoms with Crippen LogP contribution in [0.5, 0.6) is 0 Å². The van der Waals surface area contributed by atoms with Crippen molar-refractivity contribution in [2.45, 2.75) is 74.8 Å². The first-order valence-electron chi connectivity index (χ1n) is 11.6. The van der Waals surface area contributed by atoms with Gasteiger partial charge in [0.1, 0.15) is 12.1 Å². The van der Waals surface area contributed by atoms with E-state index in [-0.39, 0.29) is 34.4 Å². The lowest BCUT2D eigenvalue weighted by Gasteiger charge is -2.28. The van der Waals surface area contributed by atoms with Gasteiger partial charge in [-0.25, -0.2) is 9.59 Å². The molecule has 0 spiro atoms. The summed E-state index contributed by atoms with van der Waals surface area (Å²) < 4.78 is 191. The Hall–Kier alpha value is -2.40. The Labute approximate surface area is 246 Å². The molecule has 0 aromatic carbocycles. The van der Waals surface area contributed by atoms with E-state index in [1.54, 1.807) is 0 Å². The Kier molecular flexibility index (Phi) is 14.9. The van der Waals surface area contributed by atoms with Gasteiger partial charge in [-0.2, -0.15) is 61.5 Å². The van der Waals surface area contributed by atoms with Gasteiger partial charge in [0.25, 0.3) is 11.8 Å². The normalized spacial score (nSPS) is 14.8. The van der Waals surface area contributed by atoms with E-state index < -0.39 is 96.6 Å². The van der Waals surface area contributed by atoms with Crippen LogP contribution in [0, 0.1) is 0 Å². The highest BCUT2D eigenvalue weighted by molar-refractivity contribution is 8.76. The van der Waals surface area contributed by atoms with Crippen molar-refractivity contribution in [2.75, 3.05) is 24.7 Å². The fourth-order valence-electron chi connectivity index (χ4n) is 2.32. The summed E-state index contributed by atoms with van der Waals surface area (Å²) >= 11 is 0. The Balaban J connectivity index is 5.83. The number of carbonyl (C=O) groups excluding carboxylic acids is 4. The summed E-state index contributed by atoms with van der Waals surface area (Å²) in [6, 6.07) is -4.78. The van der Waals surface area contributed by atoms with Gasteiger partial charge in [-0.3, -0.25) is 9.59 Å². The van der Waals surface area contributed by atoms with Crippen LogP contribution in [0.3, 0.4) is 0 Å². The molecule has 0 aromatic rings. The number of amides is 2. The molecular formula is C20H22F14N2O6S2. The summed E-state index contributed by atoms with van der Waals surface area (Å²) in [6.07, 6.45) is -13.7. The highest BCUT2D eigenvalue weighted by Gasteiger charge is 2.77. The van der Waals surface area contributed by atoms with Gasteiger partial charge in [0.2, 0.25) is 0 Å². The quantitative estimate of drug-likeness (QED) is 0.0947. The minimum Gasteiger partial charge on any atom is -0.464 e. The molecule has 258 valence electrons. The molecule has 0 saturated heterocycles. The summed E-state index contributed by atoms with van der Waals surface area (Å²) in [4.78, 5) is 47.5. The zero-order valence-corrected chi connectivity index (χ0v) is 23.6. The predicted molar refractivity (Wildman–Crippen MR) is 123 cm³/mol. The average molecular weight is 717 g/mol. The summed E-state index contributed by atoms with van der Waals surface area (Å²) in [5, 5.41) is 1.88. The molecule has 0 rings (SSSR count). The maximum absolute atomic E-state index is 13.7. The van der Waals surface area contributed by atoms with Crippen LogP contribution in [0.15, 0.2) is 0 Å². The SMILES string of the molecule is CCCOC(=O)C(CSSCC(NC(=O)C(F)(F)C(F)(F)C(F)(F)F)C(=O)OCCC)NC(=O)C(F)(F)C(F)(F)C(F)(F)F. The topological polar surface area (TPSA) is 111 Å². The van der Waals surface area contributed by atoms with Crippen molar-refractivity contribution in [1.29, 1.82) is 0 Å². The zero-order valence-electron chi connectivity index (χ0n) is 22.0. The first-order chi connectivity index (χ1) is 19.7. The zero-order chi connectivity index (χ0) is 34.9. The molecule has 0 aliphatic carbocycles. The fraction of sp³-hybridized carbons (Fsp3) is 0.800. The Morgan fingerprint density at radius 1 is 0.568 bits per heavy atom. The minimum atomic E-state index is -6.91. The molecule has 0 aliphatic heterocycles. The van der Waals surface area contributed by atoms with Crippen molar-refractivity contribution < 1.29 is 90.1 Å². The monoisotopic (exact) mass is 716 g/mol. The number of nitrogens with one attached hydrogen (secondary N) is 2. The van der Waals surface area contributed by atoms with Crippen LogP contribution >= 0.6 is 21.6 Å². The Morgan fingerprint density at radius 3 is 1.07 bits per heavy atom. The van der Waals surface area contributed by atoms with Crippen molar-refractivity contribution in [3.05, 3.63) is 0 Å². The van der Waals surface area contributed by atoms with Gasteiger partial charge in [-0.05, 0) is 12.8 Å². The fourth-order valence-corrected chi connectivity index (χ4v) is 4.61. The maximum atomic E-state index is 13.7. The molecule has 2 amide bonds. The number of halogens is 14. The number of esters is 2. The number of hydrogen-bond acceptors (Lipinski definition) is 8. The largest absolute Gasteiger partial charge is 0.464 e. The van der Waals surface area contributed by atoms with Crippen molar-refractivity contribution in [1.82, 2.24) is 10.6 Å². The molecule has 2 N–H and O–H groups in total. The number of ether oxygens (including phenoxy) is 2. The predicted octanol–water partition coefficient (Wildman–Crippen LogP) is 4.91. The second-order valence-electron chi connectivity index (χ2n) is 8.25. The van der Waals surface area contributed by atoms with Crippen molar-refractivity contribution >= 4 is 45.3 Å². The molecule has 2 atom stereocenters. The third-order valence-electron chi connectivity index (χ3n) is 4.70. The Morgan fingerprint density at radius 2 is 0.841 bits per heavy atom. The highest BCUT2D eigenvalue weighted by atomic mass is 33.1. The van der Waals surface area contributed by atoms with Crippen LogP contribution in [0.4, 0.5) is 61.5 Å². The number of hydrogen-bond donors (Lipinski definition) is 2. The summed E-state index contributed by atoms with van der Waals surface area (Å²) in [5.74, 6) is -38.6. The van der Waals surface area contributed by atoms with Crippen molar-refractivity contribution in [3.63, 3.8) is 0 Å². The van der Waals surface area contributed by atoms with Crippen molar-refractivity contribution in [2.24, 2.45) is 0 Å². The third-order valence-corrected chi connectivity index (χ3v) is 7.12. The average Bonchev–Trinajstić information content (AvgIpc) is 2.89. The number of carbonyl (C=O) groups is 4. The number of alkyl halides is 14. The lowest BCUT2D eigenvalue weighted by atomic mass is 10.1. The van der Waals surface area contributed by atoms with E-state index in [1.165, 1.54) is 13.8 Å². The van der Waals surface area contributed by atoms with Crippen LogP contribution in [0.25, 0.3) is 0 Å².